The minimum Gasteiger partial charge on any atom is -0.448 e. The first-order valence-corrected chi connectivity index (χ1v) is 7.70. The molecule has 2 heterocycles. The Balaban J connectivity index is 2.27. The summed E-state index contributed by atoms with van der Waals surface area (Å²) in [6, 6.07) is 0. The van der Waals surface area contributed by atoms with E-state index < -0.39 is 0 Å². The molecular weight excluding hydrogens is 296 g/mol. The van der Waals surface area contributed by atoms with Crippen LogP contribution in [0.5, 0.6) is 0 Å². The molecule has 0 fully saturated rings. The van der Waals surface area contributed by atoms with Gasteiger partial charge in [-0.3, -0.25) is 9.48 Å². The summed E-state index contributed by atoms with van der Waals surface area (Å²) >= 11 is 0. The summed E-state index contributed by atoms with van der Waals surface area (Å²) in [7, 11) is 1.62. The number of amides is 1. The minimum absolute atomic E-state index is 0.156. The lowest BCUT2D eigenvalue weighted by molar-refractivity contribution is 0.0673. The Hall–Kier alpha value is -2.15. The van der Waals surface area contributed by atoms with E-state index in [-0.39, 0.29) is 5.91 Å². The number of hydrogen-bond acceptors (Lipinski definition) is 5. The van der Waals surface area contributed by atoms with E-state index in [1.165, 1.54) is 6.39 Å². The lowest BCUT2D eigenvalue weighted by Gasteiger charge is -2.22. The second-order valence-corrected chi connectivity index (χ2v) is 5.44. The van der Waals surface area contributed by atoms with Crippen LogP contribution in [0.2, 0.25) is 0 Å². The van der Waals surface area contributed by atoms with E-state index >= 15 is 0 Å². The number of methoxy groups -OCH3 is 1. The van der Waals surface area contributed by atoms with Crippen LogP contribution in [0, 0.1) is 20.8 Å². The van der Waals surface area contributed by atoms with E-state index in [4.69, 9.17) is 9.15 Å². The molecule has 126 valence electrons. The number of rotatable bonds is 7. The summed E-state index contributed by atoms with van der Waals surface area (Å²) in [5.74, 6) is 0.367. The highest BCUT2D eigenvalue weighted by molar-refractivity contribution is 5.93. The molecule has 0 aromatic carbocycles. The molecular formula is C16H24N4O3. The second kappa shape index (κ2) is 7.41. The number of carbonyl (C=O) groups excluding carboxylic acids is 1. The van der Waals surface area contributed by atoms with Crippen molar-refractivity contribution in [3.8, 4) is 0 Å². The van der Waals surface area contributed by atoms with E-state index in [0.29, 0.717) is 31.2 Å². The van der Waals surface area contributed by atoms with Crippen LogP contribution in [0.25, 0.3) is 0 Å². The van der Waals surface area contributed by atoms with Crippen molar-refractivity contribution in [1.82, 2.24) is 19.7 Å². The Bertz CT molecular complexity index is 675. The summed E-state index contributed by atoms with van der Waals surface area (Å²) in [5, 5.41) is 4.51. The topological polar surface area (TPSA) is 73.4 Å². The molecule has 7 nitrogen and oxygen atoms in total. The number of carbonyl (C=O) groups is 1. The van der Waals surface area contributed by atoms with Gasteiger partial charge in [-0.2, -0.15) is 5.10 Å². The van der Waals surface area contributed by atoms with Gasteiger partial charge in [-0.05, 0) is 27.7 Å². The molecule has 0 aliphatic carbocycles. The zero-order valence-electron chi connectivity index (χ0n) is 14.4. The van der Waals surface area contributed by atoms with Gasteiger partial charge in [-0.25, -0.2) is 4.98 Å². The molecule has 23 heavy (non-hydrogen) atoms. The summed E-state index contributed by atoms with van der Waals surface area (Å²) in [5.41, 5.74) is 3.44. The fourth-order valence-electron chi connectivity index (χ4n) is 2.58. The third kappa shape index (κ3) is 3.61. The van der Waals surface area contributed by atoms with Crippen molar-refractivity contribution in [3.05, 3.63) is 34.8 Å². The smallest absolute Gasteiger partial charge is 0.276 e. The molecule has 0 N–H and O–H groups in total. The number of hydrogen-bond donors (Lipinski definition) is 0. The Labute approximate surface area is 136 Å². The van der Waals surface area contributed by atoms with Crippen LogP contribution in [0.1, 0.15) is 40.1 Å². The number of oxazole rings is 1. The van der Waals surface area contributed by atoms with Gasteiger partial charge in [0.2, 0.25) is 0 Å². The standard InChI is InChI=1S/C16H24N4O3/c1-6-20-12(3)14(11(2)18-20)9-19(7-8-22-5)16(21)15-13(4)23-10-17-15/h10H,6-9H2,1-5H3. The monoisotopic (exact) mass is 320 g/mol. The van der Waals surface area contributed by atoms with Crippen molar-refractivity contribution in [3.63, 3.8) is 0 Å². The maximum absolute atomic E-state index is 12.8. The maximum Gasteiger partial charge on any atom is 0.276 e. The van der Waals surface area contributed by atoms with Crippen LogP contribution >= 0.6 is 0 Å². The number of aromatic nitrogens is 3. The molecule has 0 aliphatic heterocycles. The fourth-order valence-corrected chi connectivity index (χ4v) is 2.58. The molecule has 0 aliphatic rings. The third-order valence-corrected chi connectivity index (χ3v) is 3.98. The molecule has 0 bridgehead atoms. The quantitative estimate of drug-likeness (QED) is 0.781. The van der Waals surface area contributed by atoms with Crippen LogP contribution in [-0.4, -0.2) is 45.8 Å². The molecule has 0 spiro atoms. The second-order valence-electron chi connectivity index (χ2n) is 5.44. The first-order valence-electron chi connectivity index (χ1n) is 7.70. The largest absolute Gasteiger partial charge is 0.448 e. The first kappa shape index (κ1) is 17.2. The molecule has 0 saturated carbocycles. The highest BCUT2D eigenvalue weighted by Crippen LogP contribution is 2.18. The molecule has 0 saturated heterocycles. The highest BCUT2D eigenvalue weighted by atomic mass is 16.5. The van der Waals surface area contributed by atoms with E-state index in [0.717, 1.165) is 23.5 Å². The number of aryl methyl sites for hydroxylation is 3. The summed E-state index contributed by atoms with van der Waals surface area (Å²) in [6.07, 6.45) is 1.29. The summed E-state index contributed by atoms with van der Waals surface area (Å²) in [6.45, 7) is 10.0. The molecule has 2 rings (SSSR count). The average Bonchev–Trinajstić information content (AvgIpc) is 3.07. The normalized spacial score (nSPS) is 11.0. The fraction of sp³-hybridized carbons (Fsp3) is 0.562. The van der Waals surface area contributed by atoms with Gasteiger partial charge in [0.15, 0.2) is 12.1 Å². The summed E-state index contributed by atoms with van der Waals surface area (Å²) < 4.78 is 12.2. The van der Waals surface area contributed by atoms with Crippen molar-refractivity contribution in [2.45, 2.75) is 40.8 Å². The maximum atomic E-state index is 12.8. The van der Waals surface area contributed by atoms with Gasteiger partial charge in [-0.1, -0.05) is 0 Å². The van der Waals surface area contributed by atoms with Gasteiger partial charge in [0.25, 0.3) is 5.91 Å². The van der Waals surface area contributed by atoms with E-state index in [9.17, 15) is 4.79 Å². The predicted molar refractivity (Wildman–Crippen MR) is 85.2 cm³/mol. The van der Waals surface area contributed by atoms with Crippen molar-refractivity contribution < 1.29 is 13.9 Å². The van der Waals surface area contributed by atoms with E-state index in [2.05, 4.69) is 17.0 Å². The molecule has 1 amide bonds. The lowest BCUT2D eigenvalue weighted by atomic mass is 10.1. The van der Waals surface area contributed by atoms with Crippen LogP contribution in [0.15, 0.2) is 10.8 Å². The Morgan fingerprint density at radius 3 is 2.65 bits per heavy atom. The van der Waals surface area contributed by atoms with E-state index in [1.54, 1.807) is 18.9 Å². The van der Waals surface area contributed by atoms with Gasteiger partial charge >= 0.3 is 0 Å². The van der Waals surface area contributed by atoms with Crippen molar-refractivity contribution in [2.75, 3.05) is 20.3 Å². The Kier molecular flexibility index (Phi) is 5.54. The zero-order valence-corrected chi connectivity index (χ0v) is 14.4. The summed E-state index contributed by atoms with van der Waals surface area (Å²) in [4.78, 5) is 18.5. The Morgan fingerprint density at radius 2 is 2.13 bits per heavy atom. The van der Waals surface area contributed by atoms with Crippen LogP contribution in [0.4, 0.5) is 0 Å². The molecule has 2 aromatic heterocycles. The SMILES string of the molecule is CCn1nc(C)c(CN(CCOC)C(=O)c2ncoc2C)c1C. The average molecular weight is 320 g/mol. The predicted octanol–water partition coefficient (Wildman–Crippen LogP) is 2.11. The van der Waals surface area contributed by atoms with Crippen molar-refractivity contribution in [2.24, 2.45) is 0 Å². The molecule has 2 aromatic rings. The molecule has 0 atom stereocenters. The zero-order chi connectivity index (χ0) is 17.0. The van der Waals surface area contributed by atoms with Gasteiger partial charge in [0.05, 0.1) is 12.3 Å². The van der Waals surface area contributed by atoms with Crippen LogP contribution in [0.3, 0.4) is 0 Å². The van der Waals surface area contributed by atoms with E-state index in [1.807, 2.05) is 18.5 Å². The lowest BCUT2D eigenvalue weighted by Crippen LogP contribution is -2.34. The van der Waals surface area contributed by atoms with Gasteiger partial charge in [0, 0.05) is 38.0 Å². The van der Waals surface area contributed by atoms with Crippen molar-refractivity contribution >= 4 is 5.91 Å². The van der Waals surface area contributed by atoms with Gasteiger partial charge in [0.1, 0.15) is 5.76 Å². The minimum atomic E-state index is -0.156. The molecule has 0 unspecified atom stereocenters. The Morgan fingerprint density at radius 1 is 1.39 bits per heavy atom. The van der Waals surface area contributed by atoms with Crippen LogP contribution < -0.4 is 0 Å². The van der Waals surface area contributed by atoms with Crippen LogP contribution in [-0.2, 0) is 17.8 Å². The highest BCUT2D eigenvalue weighted by Gasteiger charge is 2.23. The van der Waals surface area contributed by atoms with Gasteiger partial charge < -0.3 is 14.1 Å². The molecule has 7 heteroatoms. The first-order chi connectivity index (χ1) is 11.0. The molecule has 0 radical (unpaired) electrons. The van der Waals surface area contributed by atoms with Gasteiger partial charge in [-0.15, -0.1) is 0 Å². The number of nitrogens with zero attached hydrogens (tertiary/aromatic N) is 4. The third-order valence-electron chi connectivity index (χ3n) is 3.98. The van der Waals surface area contributed by atoms with Crippen molar-refractivity contribution in [1.29, 1.82) is 0 Å². The number of ether oxygens (including phenoxy) is 1.